The van der Waals surface area contributed by atoms with Gasteiger partial charge in [-0.1, -0.05) is 24.3 Å². The van der Waals surface area contributed by atoms with Gasteiger partial charge in [-0.2, -0.15) is 0 Å². The lowest BCUT2D eigenvalue weighted by Gasteiger charge is -2.16. The lowest BCUT2D eigenvalue weighted by molar-refractivity contribution is -0.118. The van der Waals surface area contributed by atoms with Crippen LogP contribution in [0.3, 0.4) is 0 Å². The average Bonchev–Trinajstić information content (AvgIpc) is 3.16. The molecule has 7 nitrogen and oxygen atoms in total. The summed E-state index contributed by atoms with van der Waals surface area (Å²) < 4.78 is 0. The number of pyridine rings is 1. The molecule has 140 valence electrons. The summed E-state index contributed by atoms with van der Waals surface area (Å²) in [6.07, 6.45) is 1.70. The third kappa shape index (κ3) is 3.56. The van der Waals surface area contributed by atoms with Crippen molar-refractivity contribution in [2.75, 3.05) is 11.9 Å². The molecule has 0 spiro atoms. The van der Waals surface area contributed by atoms with Gasteiger partial charge < -0.3 is 20.7 Å². The number of hydrogen-bond donors (Lipinski definition) is 4. The fourth-order valence-electron chi connectivity index (χ4n) is 3.01. The number of aromatic nitrogens is 2. The van der Waals surface area contributed by atoms with Gasteiger partial charge in [0, 0.05) is 28.2 Å². The van der Waals surface area contributed by atoms with Crippen molar-refractivity contribution >= 4 is 39.3 Å². The van der Waals surface area contributed by atoms with Crippen molar-refractivity contribution in [1.82, 2.24) is 15.3 Å². The molecule has 2 aromatic carbocycles. The molecule has 0 saturated heterocycles. The lowest BCUT2D eigenvalue weighted by Crippen LogP contribution is -2.46. The number of hydrogen-bond acceptors (Lipinski definition) is 4. The first-order valence-corrected chi connectivity index (χ1v) is 8.79. The van der Waals surface area contributed by atoms with E-state index in [0.717, 1.165) is 21.8 Å². The van der Waals surface area contributed by atoms with E-state index >= 15 is 0 Å². The molecule has 0 unspecified atom stereocenters. The summed E-state index contributed by atoms with van der Waals surface area (Å²) in [4.78, 5) is 32.2. The zero-order valence-electron chi connectivity index (χ0n) is 14.8. The van der Waals surface area contributed by atoms with E-state index in [2.05, 4.69) is 20.6 Å². The molecule has 2 amide bonds. The molecular formula is C21H18N4O3. The summed E-state index contributed by atoms with van der Waals surface area (Å²) in [5.41, 5.74) is 2.52. The topological polar surface area (TPSA) is 107 Å². The minimum atomic E-state index is -1.08. The van der Waals surface area contributed by atoms with Crippen molar-refractivity contribution in [3.63, 3.8) is 0 Å². The summed E-state index contributed by atoms with van der Waals surface area (Å²) in [5.74, 6) is -0.969. The quantitative estimate of drug-likeness (QED) is 0.430. The zero-order chi connectivity index (χ0) is 19.5. The highest BCUT2D eigenvalue weighted by Gasteiger charge is 2.21. The number of para-hydroxylation sites is 1. The van der Waals surface area contributed by atoms with Gasteiger partial charge in [0.25, 0.3) is 5.91 Å². The first-order valence-electron chi connectivity index (χ1n) is 8.79. The predicted molar refractivity (Wildman–Crippen MR) is 107 cm³/mol. The molecule has 2 aromatic heterocycles. The van der Waals surface area contributed by atoms with E-state index in [1.54, 1.807) is 30.5 Å². The monoisotopic (exact) mass is 374 g/mol. The number of anilines is 1. The number of aliphatic hydroxyl groups excluding tert-OH is 1. The molecule has 1 atom stereocenters. The van der Waals surface area contributed by atoms with E-state index in [-0.39, 0.29) is 0 Å². The van der Waals surface area contributed by atoms with Crippen molar-refractivity contribution in [3.8, 4) is 0 Å². The van der Waals surface area contributed by atoms with Crippen LogP contribution in [0.5, 0.6) is 0 Å². The number of H-pyrrole nitrogens is 1. The van der Waals surface area contributed by atoms with E-state index in [9.17, 15) is 14.7 Å². The van der Waals surface area contributed by atoms with Crippen molar-refractivity contribution in [1.29, 1.82) is 0 Å². The Kier molecular flexibility index (Phi) is 4.74. The van der Waals surface area contributed by atoms with E-state index in [1.165, 1.54) is 0 Å². The van der Waals surface area contributed by atoms with Gasteiger partial charge in [-0.3, -0.25) is 14.6 Å². The van der Waals surface area contributed by atoms with E-state index in [4.69, 9.17) is 0 Å². The summed E-state index contributed by atoms with van der Waals surface area (Å²) in [7, 11) is 0. The van der Waals surface area contributed by atoms with Crippen LogP contribution in [0.25, 0.3) is 21.8 Å². The maximum Gasteiger partial charge on any atom is 0.268 e. The number of carbonyl (C=O) groups is 2. The number of aliphatic hydroxyl groups is 1. The average molecular weight is 374 g/mol. The second-order valence-corrected chi connectivity index (χ2v) is 6.38. The van der Waals surface area contributed by atoms with E-state index in [1.807, 2.05) is 36.4 Å². The highest BCUT2D eigenvalue weighted by molar-refractivity contribution is 6.03. The Morgan fingerprint density at radius 1 is 1.04 bits per heavy atom. The summed E-state index contributed by atoms with van der Waals surface area (Å²) in [5, 5.41) is 16.6. The summed E-state index contributed by atoms with van der Waals surface area (Å²) in [6, 6.07) is 17.1. The van der Waals surface area contributed by atoms with Crippen molar-refractivity contribution in [3.05, 3.63) is 72.6 Å². The maximum atomic E-state index is 12.5. The molecule has 0 aliphatic heterocycles. The third-order valence-corrected chi connectivity index (χ3v) is 4.45. The van der Waals surface area contributed by atoms with Gasteiger partial charge in [0.15, 0.2) is 0 Å². The zero-order valence-corrected chi connectivity index (χ0v) is 14.8. The van der Waals surface area contributed by atoms with Gasteiger partial charge in [-0.05, 0) is 36.4 Å². The van der Waals surface area contributed by atoms with Crippen molar-refractivity contribution in [2.45, 2.75) is 6.04 Å². The molecule has 0 bridgehead atoms. The van der Waals surface area contributed by atoms with Crippen LogP contribution in [0, 0.1) is 0 Å². The molecule has 4 rings (SSSR count). The molecule has 0 aliphatic carbocycles. The molecule has 4 aromatic rings. The number of fused-ring (bicyclic) bond motifs is 2. The van der Waals surface area contributed by atoms with Gasteiger partial charge in [0.05, 0.1) is 12.1 Å². The van der Waals surface area contributed by atoms with Crippen LogP contribution in [0.2, 0.25) is 0 Å². The first-order chi connectivity index (χ1) is 13.6. The molecular weight excluding hydrogens is 356 g/mol. The Morgan fingerprint density at radius 2 is 1.86 bits per heavy atom. The smallest absolute Gasteiger partial charge is 0.268 e. The number of benzene rings is 2. The molecule has 0 saturated carbocycles. The second kappa shape index (κ2) is 7.50. The minimum Gasteiger partial charge on any atom is -0.394 e. The standard InChI is InChI=1S/C21H18N4O3/c26-12-19(25-20(27)18-11-14-4-1-2-6-17(14)24-18)21(28)23-15-7-8-16-13(10-15)5-3-9-22-16/h1-11,19,24,26H,12H2,(H,23,28)(H,25,27)/t19-/m0/s1. The van der Waals surface area contributed by atoms with Crippen LogP contribution >= 0.6 is 0 Å². The Morgan fingerprint density at radius 3 is 2.68 bits per heavy atom. The largest absolute Gasteiger partial charge is 0.394 e. The van der Waals surface area contributed by atoms with Gasteiger partial charge in [0.1, 0.15) is 11.7 Å². The fraction of sp³-hybridized carbons (Fsp3) is 0.0952. The predicted octanol–water partition coefficient (Wildman–Crippen LogP) is 2.45. The number of carbonyl (C=O) groups excluding carboxylic acids is 2. The highest BCUT2D eigenvalue weighted by atomic mass is 16.3. The molecule has 2 heterocycles. The Hall–Kier alpha value is -3.71. The third-order valence-electron chi connectivity index (χ3n) is 4.45. The molecule has 7 heteroatoms. The van der Waals surface area contributed by atoms with Crippen LogP contribution in [-0.2, 0) is 4.79 Å². The number of rotatable bonds is 5. The Balaban J connectivity index is 1.47. The van der Waals surface area contributed by atoms with Crippen molar-refractivity contribution in [2.24, 2.45) is 0 Å². The normalized spacial score (nSPS) is 12.0. The van der Waals surface area contributed by atoms with Gasteiger partial charge in [-0.25, -0.2) is 0 Å². The molecule has 0 aliphatic rings. The molecule has 28 heavy (non-hydrogen) atoms. The van der Waals surface area contributed by atoms with Crippen LogP contribution in [0.4, 0.5) is 5.69 Å². The molecule has 0 fully saturated rings. The van der Waals surface area contributed by atoms with Crippen LogP contribution < -0.4 is 10.6 Å². The first kappa shape index (κ1) is 17.7. The van der Waals surface area contributed by atoms with Crippen LogP contribution in [-0.4, -0.2) is 39.5 Å². The Labute approximate surface area is 160 Å². The van der Waals surface area contributed by atoms with Gasteiger partial charge in [-0.15, -0.1) is 0 Å². The summed E-state index contributed by atoms with van der Waals surface area (Å²) >= 11 is 0. The molecule has 0 radical (unpaired) electrons. The lowest BCUT2D eigenvalue weighted by atomic mass is 10.2. The van der Waals surface area contributed by atoms with Crippen LogP contribution in [0.15, 0.2) is 66.9 Å². The Bertz CT molecular complexity index is 1140. The number of amides is 2. The number of nitrogens with one attached hydrogen (secondary N) is 3. The second-order valence-electron chi connectivity index (χ2n) is 6.38. The summed E-state index contributed by atoms with van der Waals surface area (Å²) in [6.45, 7) is -0.521. The highest BCUT2D eigenvalue weighted by Crippen LogP contribution is 2.17. The SMILES string of the molecule is O=C(N[C@@H](CO)C(=O)Nc1ccc2ncccc2c1)c1cc2ccccc2[nH]1. The van der Waals surface area contributed by atoms with Gasteiger partial charge >= 0.3 is 0 Å². The maximum absolute atomic E-state index is 12.5. The van der Waals surface area contributed by atoms with E-state index in [0.29, 0.717) is 11.4 Å². The number of aromatic amines is 1. The van der Waals surface area contributed by atoms with E-state index < -0.39 is 24.5 Å². The number of nitrogens with zero attached hydrogens (tertiary/aromatic N) is 1. The minimum absolute atomic E-state index is 0.323. The van der Waals surface area contributed by atoms with Crippen LogP contribution in [0.1, 0.15) is 10.5 Å². The molecule has 4 N–H and O–H groups in total. The van der Waals surface area contributed by atoms with Crippen molar-refractivity contribution < 1.29 is 14.7 Å². The fourth-order valence-corrected chi connectivity index (χ4v) is 3.01. The van der Waals surface area contributed by atoms with Gasteiger partial charge in [0.2, 0.25) is 5.91 Å².